The molecular weight excluding hydrogens is 348 g/mol. The van der Waals surface area contributed by atoms with Crippen LogP contribution in [0.5, 0.6) is 0 Å². The zero-order valence-corrected chi connectivity index (χ0v) is 14.6. The van der Waals surface area contributed by atoms with Crippen molar-refractivity contribution in [2.45, 2.75) is 51.0 Å². The Bertz CT molecular complexity index is 551. The third kappa shape index (κ3) is 3.83. The van der Waals surface area contributed by atoms with Crippen molar-refractivity contribution in [1.82, 2.24) is 5.32 Å². The van der Waals surface area contributed by atoms with Crippen molar-refractivity contribution in [3.8, 4) is 0 Å². The summed E-state index contributed by atoms with van der Waals surface area (Å²) in [7, 11) is 0. The van der Waals surface area contributed by atoms with E-state index in [9.17, 15) is 4.79 Å². The Morgan fingerprint density at radius 2 is 1.90 bits per heavy atom. The highest BCUT2D eigenvalue weighted by molar-refractivity contribution is 9.10. The third-order valence-electron chi connectivity index (χ3n) is 4.20. The molecule has 0 heterocycles. The first-order valence-electron chi connectivity index (χ1n) is 7.33. The van der Waals surface area contributed by atoms with E-state index >= 15 is 0 Å². The number of nitrogens with one attached hydrogen (secondary N) is 1. The molecule has 1 aliphatic carbocycles. The van der Waals surface area contributed by atoms with Crippen LogP contribution in [-0.2, 0) is 0 Å². The summed E-state index contributed by atoms with van der Waals surface area (Å²) in [5, 5.41) is 3.11. The van der Waals surface area contributed by atoms with Crippen LogP contribution in [0, 0.1) is 6.92 Å². The molecule has 21 heavy (non-hydrogen) atoms. The Hall–Kier alpha value is -0.940. The molecule has 0 saturated heterocycles. The Morgan fingerprint density at radius 3 is 2.43 bits per heavy atom. The average Bonchev–Trinajstić information content (AvgIpc) is 2.68. The predicted molar refractivity (Wildman–Crippen MR) is 93.6 cm³/mol. The smallest absolute Gasteiger partial charge is 0.252 e. The van der Waals surface area contributed by atoms with Crippen LogP contribution in [0.1, 0.15) is 54.4 Å². The molecule has 3 nitrogen and oxygen atoms in total. The quantitative estimate of drug-likeness (QED) is 0.628. The van der Waals surface area contributed by atoms with Gasteiger partial charge in [0.1, 0.15) is 0 Å². The molecule has 5 heteroatoms. The Kier molecular flexibility index (Phi) is 5.38. The summed E-state index contributed by atoms with van der Waals surface area (Å²) in [6, 6.07) is 5.59. The van der Waals surface area contributed by atoms with Gasteiger partial charge in [-0.3, -0.25) is 4.79 Å². The number of aryl methyl sites for hydroxylation is 1. The van der Waals surface area contributed by atoms with E-state index < -0.39 is 5.54 Å². The molecule has 2 rings (SSSR count). The minimum atomic E-state index is -0.524. The molecule has 1 aliphatic rings. The Balaban J connectivity index is 2.21. The first-order chi connectivity index (χ1) is 9.94. The Morgan fingerprint density at radius 1 is 1.29 bits per heavy atom. The van der Waals surface area contributed by atoms with Gasteiger partial charge in [-0.25, -0.2) is 0 Å². The van der Waals surface area contributed by atoms with Crippen molar-refractivity contribution in [2.75, 3.05) is 0 Å². The molecule has 0 radical (unpaired) electrons. The number of amides is 1. The number of hydrogen-bond acceptors (Lipinski definition) is 2. The van der Waals surface area contributed by atoms with Gasteiger partial charge in [-0.2, -0.15) is 0 Å². The summed E-state index contributed by atoms with van der Waals surface area (Å²) in [6.07, 6.45) is 6.14. The van der Waals surface area contributed by atoms with E-state index in [1.54, 1.807) is 0 Å². The summed E-state index contributed by atoms with van der Waals surface area (Å²) in [4.78, 5) is 13.0. The maximum atomic E-state index is 12.6. The zero-order chi connectivity index (χ0) is 15.5. The molecular formula is C16H21BrN2OS. The lowest BCUT2D eigenvalue weighted by Crippen LogP contribution is -2.56. The minimum Gasteiger partial charge on any atom is -0.391 e. The van der Waals surface area contributed by atoms with Gasteiger partial charge in [0.25, 0.3) is 5.91 Å². The first kappa shape index (κ1) is 16.4. The number of carbonyl (C=O) groups excluding carboxylic acids is 1. The van der Waals surface area contributed by atoms with Gasteiger partial charge in [0.2, 0.25) is 0 Å². The fraction of sp³-hybridized carbons (Fsp3) is 0.500. The number of carbonyl (C=O) groups is 1. The lowest BCUT2D eigenvalue weighted by Gasteiger charge is -2.33. The third-order valence-corrected chi connectivity index (χ3v) is 5.48. The molecule has 0 unspecified atom stereocenters. The van der Waals surface area contributed by atoms with Crippen molar-refractivity contribution in [2.24, 2.45) is 5.73 Å². The highest BCUT2D eigenvalue weighted by Crippen LogP contribution is 2.28. The molecule has 1 fully saturated rings. The SMILES string of the molecule is Cc1cc(C(=O)NC2(C(N)=S)CCCCCC2)ccc1Br. The number of hydrogen-bond donors (Lipinski definition) is 2. The molecule has 114 valence electrons. The standard InChI is InChI=1S/C16H21BrN2OS/c1-11-10-12(6-7-13(11)17)14(20)19-16(15(18)21)8-4-2-3-5-9-16/h6-7,10H,2-5,8-9H2,1H3,(H2,18,21)(H,19,20). The highest BCUT2D eigenvalue weighted by Gasteiger charge is 2.35. The second-order valence-electron chi connectivity index (χ2n) is 5.78. The topological polar surface area (TPSA) is 55.1 Å². The highest BCUT2D eigenvalue weighted by atomic mass is 79.9. The number of benzene rings is 1. The fourth-order valence-electron chi connectivity index (χ4n) is 2.84. The lowest BCUT2D eigenvalue weighted by molar-refractivity contribution is 0.0917. The van der Waals surface area contributed by atoms with Gasteiger partial charge in [-0.05, 0) is 43.5 Å². The normalized spacial score (nSPS) is 17.8. The molecule has 0 aromatic heterocycles. The van der Waals surface area contributed by atoms with E-state index in [4.69, 9.17) is 18.0 Å². The van der Waals surface area contributed by atoms with Crippen LogP contribution >= 0.6 is 28.1 Å². The Labute approximate surface area is 139 Å². The zero-order valence-electron chi connectivity index (χ0n) is 12.2. The summed E-state index contributed by atoms with van der Waals surface area (Å²) in [6.45, 7) is 1.97. The van der Waals surface area contributed by atoms with Gasteiger partial charge in [-0.15, -0.1) is 0 Å². The molecule has 1 aromatic carbocycles. The van der Waals surface area contributed by atoms with E-state index in [0.29, 0.717) is 10.6 Å². The maximum Gasteiger partial charge on any atom is 0.252 e. The first-order valence-corrected chi connectivity index (χ1v) is 8.53. The van der Waals surface area contributed by atoms with Gasteiger partial charge in [0, 0.05) is 10.0 Å². The van der Waals surface area contributed by atoms with Crippen LogP contribution in [-0.4, -0.2) is 16.4 Å². The summed E-state index contributed by atoms with van der Waals surface area (Å²) in [5.74, 6) is -0.0969. The van der Waals surface area contributed by atoms with Crippen molar-refractivity contribution in [3.63, 3.8) is 0 Å². The lowest BCUT2D eigenvalue weighted by atomic mass is 9.89. The van der Waals surface area contributed by atoms with Gasteiger partial charge >= 0.3 is 0 Å². The molecule has 1 amide bonds. The van der Waals surface area contributed by atoms with Crippen molar-refractivity contribution in [1.29, 1.82) is 0 Å². The van der Waals surface area contributed by atoms with Gasteiger partial charge in [-0.1, -0.05) is 53.8 Å². The molecule has 1 saturated carbocycles. The molecule has 0 atom stereocenters. The molecule has 3 N–H and O–H groups in total. The van der Waals surface area contributed by atoms with Crippen LogP contribution < -0.4 is 11.1 Å². The van der Waals surface area contributed by atoms with Crippen LogP contribution in [0.15, 0.2) is 22.7 Å². The summed E-state index contributed by atoms with van der Waals surface area (Å²) in [5.41, 5.74) is 7.12. The van der Waals surface area contributed by atoms with Crippen LogP contribution in [0.3, 0.4) is 0 Å². The number of nitrogens with two attached hydrogens (primary N) is 1. The van der Waals surface area contributed by atoms with Crippen molar-refractivity contribution in [3.05, 3.63) is 33.8 Å². The number of thiocarbonyl (C=S) groups is 1. The van der Waals surface area contributed by atoms with E-state index in [0.717, 1.165) is 35.7 Å². The van der Waals surface area contributed by atoms with E-state index in [1.165, 1.54) is 12.8 Å². The second-order valence-corrected chi connectivity index (χ2v) is 7.07. The molecule has 0 aliphatic heterocycles. The van der Waals surface area contributed by atoms with Crippen molar-refractivity contribution < 1.29 is 4.79 Å². The van der Waals surface area contributed by atoms with Crippen LogP contribution in [0.4, 0.5) is 0 Å². The summed E-state index contributed by atoms with van der Waals surface area (Å²) >= 11 is 8.71. The maximum absolute atomic E-state index is 12.6. The average molecular weight is 369 g/mol. The van der Waals surface area contributed by atoms with Gasteiger partial charge < -0.3 is 11.1 Å². The molecule has 0 bridgehead atoms. The van der Waals surface area contributed by atoms with E-state index in [-0.39, 0.29) is 5.91 Å². The van der Waals surface area contributed by atoms with Crippen LogP contribution in [0.2, 0.25) is 0 Å². The fourth-order valence-corrected chi connectivity index (χ4v) is 3.34. The number of rotatable bonds is 3. The molecule has 0 spiro atoms. The monoisotopic (exact) mass is 368 g/mol. The summed E-state index contributed by atoms with van der Waals surface area (Å²) < 4.78 is 0.998. The largest absolute Gasteiger partial charge is 0.391 e. The second kappa shape index (κ2) is 6.88. The number of halogens is 1. The molecule has 1 aromatic rings. The van der Waals surface area contributed by atoms with Crippen LogP contribution in [0.25, 0.3) is 0 Å². The minimum absolute atomic E-state index is 0.0969. The van der Waals surface area contributed by atoms with Crippen molar-refractivity contribution >= 4 is 39.0 Å². The van der Waals surface area contributed by atoms with Gasteiger partial charge in [0.15, 0.2) is 0 Å². The van der Waals surface area contributed by atoms with Gasteiger partial charge in [0.05, 0.1) is 10.5 Å². The predicted octanol–water partition coefficient (Wildman–Crippen LogP) is 3.87. The van der Waals surface area contributed by atoms with E-state index in [1.807, 2.05) is 25.1 Å². The van der Waals surface area contributed by atoms with E-state index in [2.05, 4.69) is 21.2 Å².